The SMILES string of the molecule is Cc1cn([C@]2(c3ccccc3)O[C@H](COP(=O)(O)O)[C@@H](O)C2N)c(=O)[nH]c1=O. The van der Waals surface area contributed by atoms with E-state index in [4.69, 9.17) is 20.3 Å². The molecule has 2 heterocycles. The number of aliphatic hydroxyl groups excluding tert-OH is 1. The zero-order valence-electron chi connectivity index (χ0n) is 14.8. The minimum atomic E-state index is -4.82. The number of nitrogens with two attached hydrogens (primary N) is 1. The second kappa shape index (κ2) is 7.37. The third-order valence-corrected chi connectivity index (χ3v) is 5.09. The summed E-state index contributed by atoms with van der Waals surface area (Å²) in [6, 6.07) is 7.08. The lowest BCUT2D eigenvalue weighted by Crippen LogP contribution is -2.56. The van der Waals surface area contributed by atoms with Crippen LogP contribution in [0.15, 0.2) is 46.1 Å². The highest BCUT2D eigenvalue weighted by atomic mass is 31.2. The van der Waals surface area contributed by atoms with Crippen molar-refractivity contribution in [1.82, 2.24) is 9.55 Å². The Morgan fingerprint density at radius 1 is 1.32 bits per heavy atom. The molecule has 1 aliphatic heterocycles. The Hall–Kier alpha value is -2.11. The molecular weight excluding hydrogens is 393 g/mol. The molecular formula is C16H20N3O8P. The summed E-state index contributed by atoms with van der Waals surface area (Å²) in [4.78, 5) is 44.4. The first-order valence-electron chi connectivity index (χ1n) is 8.26. The van der Waals surface area contributed by atoms with Crippen molar-refractivity contribution in [3.8, 4) is 0 Å². The molecule has 11 nitrogen and oxygen atoms in total. The minimum Gasteiger partial charge on any atom is -0.388 e. The molecule has 1 aliphatic rings. The standard InChI is InChI=1S/C16H20N3O8P/c1-9-7-19(15(22)18-14(9)21)16(10-5-3-2-4-6-10)13(17)12(20)11(27-16)8-26-28(23,24)25/h2-7,11-13,20H,8,17H2,1H3,(H,18,21,22)(H2,23,24,25)/t11-,12-,13?,16-/m1/s1. The molecule has 6 N–H and O–H groups in total. The largest absolute Gasteiger partial charge is 0.469 e. The summed E-state index contributed by atoms with van der Waals surface area (Å²) in [6.45, 7) is 0.823. The number of aromatic amines is 1. The molecule has 0 saturated carbocycles. The molecule has 0 amide bonds. The summed E-state index contributed by atoms with van der Waals surface area (Å²) in [5.74, 6) is 0. The van der Waals surface area contributed by atoms with Crippen LogP contribution in [0, 0.1) is 6.92 Å². The number of H-pyrrole nitrogens is 1. The lowest BCUT2D eigenvalue weighted by Gasteiger charge is -2.35. The molecule has 1 saturated heterocycles. The van der Waals surface area contributed by atoms with Crippen LogP contribution >= 0.6 is 7.82 Å². The Morgan fingerprint density at radius 2 is 1.96 bits per heavy atom. The predicted molar refractivity (Wildman–Crippen MR) is 96.4 cm³/mol. The summed E-state index contributed by atoms with van der Waals surface area (Å²) in [5, 5.41) is 10.6. The van der Waals surface area contributed by atoms with Crippen molar-refractivity contribution >= 4 is 7.82 Å². The van der Waals surface area contributed by atoms with E-state index in [0.717, 1.165) is 4.57 Å². The summed E-state index contributed by atoms with van der Waals surface area (Å²) in [5.41, 5.74) is 3.69. The van der Waals surface area contributed by atoms with E-state index in [-0.39, 0.29) is 5.56 Å². The van der Waals surface area contributed by atoms with E-state index in [0.29, 0.717) is 5.56 Å². The highest BCUT2D eigenvalue weighted by Crippen LogP contribution is 2.42. The van der Waals surface area contributed by atoms with Crippen molar-refractivity contribution in [3.05, 3.63) is 68.5 Å². The number of nitrogens with zero attached hydrogens (tertiary/aromatic N) is 1. The molecule has 1 unspecified atom stereocenters. The van der Waals surface area contributed by atoms with Gasteiger partial charge in [0.2, 0.25) is 0 Å². The summed E-state index contributed by atoms with van der Waals surface area (Å²) in [6.07, 6.45) is -1.42. The number of aromatic nitrogens is 2. The number of phosphoric ester groups is 1. The summed E-state index contributed by atoms with van der Waals surface area (Å²) in [7, 11) is -4.82. The minimum absolute atomic E-state index is 0.204. The number of phosphoric acid groups is 1. The van der Waals surface area contributed by atoms with Crippen LogP contribution in [-0.2, 0) is 19.6 Å². The molecule has 28 heavy (non-hydrogen) atoms. The number of rotatable bonds is 5. The van der Waals surface area contributed by atoms with E-state index in [2.05, 4.69) is 9.51 Å². The van der Waals surface area contributed by atoms with Gasteiger partial charge in [0.1, 0.15) is 12.2 Å². The van der Waals surface area contributed by atoms with Crippen LogP contribution < -0.4 is 17.0 Å². The quantitative estimate of drug-likeness (QED) is 0.374. The van der Waals surface area contributed by atoms with E-state index < -0.39 is 49.7 Å². The number of nitrogens with one attached hydrogen (secondary N) is 1. The van der Waals surface area contributed by atoms with E-state index in [9.17, 15) is 19.3 Å². The highest BCUT2D eigenvalue weighted by molar-refractivity contribution is 7.46. The first-order chi connectivity index (χ1) is 13.1. The maximum atomic E-state index is 12.6. The molecule has 1 aromatic heterocycles. The molecule has 1 fully saturated rings. The molecule has 0 spiro atoms. The molecule has 1 aromatic carbocycles. The average molecular weight is 413 g/mol. The third-order valence-electron chi connectivity index (χ3n) is 4.60. The zero-order valence-corrected chi connectivity index (χ0v) is 15.7. The maximum absolute atomic E-state index is 12.6. The summed E-state index contributed by atoms with van der Waals surface area (Å²) < 4.78 is 22.4. The van der Waals surface area contributed by atoms with Crippen LogP contribution in [0.4, 0.5) is 0 Å². The van der Waals surface area contributed by atoms with E-state index in [1.807, 2.05) is 0 Å². The first kappa shape index (κ1) is 20.6. The molecule has 3 rings (SSSR count). The van der Waals surface area contributed by atoms with E-state index in [1.165, 1.54) is 13.1 Å². The molecule has 12 heteroatoms. The molecule has 0 radical (unpaired) electrons. The van der Waals surface area contributed by atoms with Crippen LogP contribution in [0.1, 0.15) is 11.1 Å². The molecule has 4 atom stereocenters. The number of benzene rings is 1. The number of aryl methyl sites for hydroxylation is 1. The fraction of sp³-hybridized carbons (Fsp3) is 0.375. The predicted octanol–water partition coefficient (Wildman–Crippen LogP) is -1.26. The number of ether oxygens (including phenoxy) is 1. The van der Waals surface area contributed by atoms with Gasteiger partial charge in [0.25, 0.3) is 5.56 Å². The van der Waals surface area contributed by atoms with Gasteiger partial charge in [-0.1, -0.05) is 30.3 Å². The van der Waals surface area contributed by atoms with E-state index in [1.54, 1.807) is 30.3 Å². The Balaban J connectivity index is 2.17. The van der Waals surface area contributed by atoms with Crippen LogP contribution in [0.3, 0.4) is 0 Å². The zero-order chi connectivity index (χ0) is 20.7. The van der Waals surface area contributed by atoms with Crippen molar-refractivity contribution in [2.24, 2.45) is 5.73 Å². The molecule has 2 aromatic rings. The third kappa shape index (κ3) is 3.61. The average Bonchev–Trinajstić information content (AvgIpc) is 2.89. The monoisotopic (exact) mass is 413 g/mol. The number of aliphatic hydroxyl groups is 1. The van der Waals surface area contributed by atoms with Gasteiger partial charge in [0, 0.05) is 17.3 Å². The molecule has 0 aliphatic carbocycles. The van der Waals surface area contributed by atoms with Crippen molar-refractivity contribution < 1.29 is 28.7 Å². The molecule has 152 valence electrons. The van der Waals surface area contributed by atoms with Crippen molar-refractivity contribution in [2.75, 3.05) is 6.61 Å². The Bertz CT molecular complexity index is 1020. The second-order valence-electron chi connectivity index (χ2n) is 6.46. The maximum Gasteiger partial charge on any atom is 0.469 e. The van der Waals surface area contributed by atoms with E-state index >= 15 is 0 Å². The Labute approximate surface area is 158 Å². The van der Waals surface area contributed by atoms with Gasteiger partial charge in [-0.3, -0.25) is 18.9 Å². The van der Waals surface area contributed by atoms with Gasteiger partial charge in [-0.25, -0.2) is 9.36 Å². The fourth-order valence-corrected chi connectivity index (χ4v) is 3.59. The topological polar surface area (TPSA) is 177 Å². The van der Waals surface area contributed by atoms with Gasteiger partial charge in [-0.05, 0) is 6.92 Å². The Kier molecular flexibility index (Phi) is 5.43. The van der Waals surface area contributed by atoms with Gasteiger partial charge in [0.05, 0.1) is 12.6 Å². The highest BCUT2D eigenvalue weighted by Gasteiger charge is 2.56. The van der Waals surface area contributed by atoms with Crippen molar-refractivity contribution in [1.29, 1.82) is 0 Å². The number of hydrogen-bond acceptors (Lipinski definition) is 7. The van der Waals surface area contributed by atoms with Gasteiger partial charge in [0.15, 0.2) is 5.72 Å². The van der Waals surface area contributed by atoms with Crippen molar-refractivity contribution in [2.45, 2.75) is 30.9 Å². The van der Waals surface area contributed by atoms with Gasteiger partial charge in [-0.2, -0.15) is 0 Å². The first-order valence-corrected chi connectivity index (χ1v) is 9.79. The lowest BCUT2D eigenvalue weighted by atomic mass is 9.92. The number of hydrogen-bond donors (Lipinski definition) is 5. The smallest absolute Gasteiger partial charge is 0.388 e. The second-order valence-corrected chi connectivity index (χ2v) is 7.70. The Morgan fingerprint density at radius 3 is 2.57 bits per heavy atom. The molecule has 0 bridgehead atoms. The van der Waals surface area contributed by atoms with Gasteiger partial charge < -0.3 is 25.4 Å². The van der Waals surface area contributed by atoms with Crippen LogP contribution in [-0.4, -0.2) is 49.3 Å². The summed E-state index contributed by atoms with van der Waals surface area (Å²) >= 11 is 0. The van der Waals surface area contributed by atoms with Gasteiger partial charge >= 0.3 is 13.5 Å². The van der Waals surface area contributed by atoms with Gasteiger partial charge in [-0.15, -0.1) is 0 Å². The normalized spacial score (nSPS) is 27.8. The van der Waals surface area contributed by atoms with Crippen LogP contribution in [0.5, 0.6) is 0 Å². The lowest BCUT2D eigenvalue weighted by molar-refractivity contribution is -0.0955. The van der Waals surface area contributed by atoms with Crippen LogP contribution in [0.2, 0.25) is 0 Å². The van der Waals surface area contributed by atoms with Crippen molar-refractivity contribution in [3.63, 3.8) is 0 Å². The fourth-order valence-electron chi connectivity index (χ4n) is 3.25. The van der Waals surface area contributed by atoms with Crippen LogP contribution in [0.25, 0.3) is 0 Å².